The van der Waals surface area contributed by atoms with E-state index in [4.69, 9.17) is 4.74 Å². The summed E-state index contributed by atoms with van der Waals surface area (Å²) in [6.07, 6.45) is 3.71. The van der Waals surface area contributed by atoms with Crippen molar-refractivity contribution in [3.05, 3.63) is 0 Å². The summed E-state index contributed by atoms with van der Waals surface area (Å²) < 4.78 is 5.61. The molecule has 0 radical (unpaired) electrons. The van der Waals surface area contributed by atoms with Gasteiger partial charge in [-0.3, -0.25) is 0 Å². The van der Waals surface area contributed by atoms with Crippen LogP contribution in [0.2, 0.25) is 0 Å². The van der Waals surface area contributed by atoms with Crippen molar-refractivity contribution in [3.8, 4) is 0 Å². The molecule has 3 nitrogen and oxygen atoms in total. The molecule has 0 bridgehead atoms. The molecule has 2 fully saturated rings. The van der Waals surface area contributed by atoms with Gasteiger partial charge in [0.05, 0.1) is 12.1 Å². The topological polar surface area (TPSA) is 33.3 Å². The van der Waals surface area contributed by atoms with Gasteiger partial charge < -0.3 is 15.4 Å². The minimum absolute atomic E-state index is 0.232. The average molecular weight is 212 g/mol. The molecule has 0 aliphatic carbocycles. The van der Waals surface area contributed by atoms with Gasteiger partial charge in [0.25, 0.3) is 0 Å². The van der Waals surface area contributed by atoms with E-state index >= 15 is 0 Å². The summed E-state index contributed by atoms with van der Waals surface area (Å²) >= 11 is 0. The lowest BCUT2D eigenvalue weighted by molar-refractivity contribution is 0.00397. The first-order valence-electron chi connectivity index (χ1n) is 6.26. The van der Waals surface area contributed by atoms with Gasteiger partial charge in [0.15, 0.2) is 0 Å². The predicted molar refractivity (Wildman–Crippen MR) is 62.0 cm³/mol. The predicted octanol–water partition coefficient (Wildman–Crippen LogP) is 1.14. The van der Waals surface area contributed by atoms with Crippen LogP contribution < -0.4 is 10.6 Å². The summed E-state index contributed by atoms with van der Waals surface area (Å²) in [5.41, 5.74) is 0.232. The number of nitrogens with one attached hydrogen (secondary N) is 2. The van der Waals surface area contributed by atoms with Gasteiger partial charge in [0, 0.05) is 25.7 Å². The standard InChI is InChI=1S/C12H24N2O/c1-10(2)6-11-7-13-8-12(14-11)4-3-5-15-9-12/h10-11,13-14H,3-9H2,1-2H3/t11-,12?/m1/s1. The maximum Gasteiger partial charge on any atom is 0.0660 e. The molecule has 0 aromatic rings. The first-order valence-corrected chi connectivity index (χ1v) is 6.26. The number of hydrogen-bond donors (Lipinski definition) is 2. The lowest BCUT2D eigenvalue weighted by atomic mass is 9.87. The molecule has 0 aromatic carbocycles. The van der Waals surface area contributed by atoms with E-state index in [2.05, 4.69) is 24.5 Å². The van der Waals surface area contributed by atoms with E-state index in [0.717, 1.165) is 32.2 Å². The molecule has 2 aliphatic heterocycles. The lowest BCUT2D eigenvalue weighted by Crippen LogP contribution is -2.67. The third-order valence-corrected chi connectivity index (χ3v) is 3.44. The van der Waals surface area contributed by atoms with Gasteiger partial charge >= 0.3 is 0 Å². The Hall–Kier alpha value is -0.120. The van der Waals surface area contributed by atoms with E-state index in [1.54, 1.807) is 0 Å². The van der Waals surface area contributed by atoms with Crippen molar-refractivity contribution in [2.75, 3.05) is 26.3 Å². The van der Waals surface area contributed by atoms with E-state index < -0.39 is 0 Å². The summed E-state index contributed by atoms with van der Waals surface area (Å²) in [6, 6.07) is 0.625. The Morgan fingerprint density at radius 2 is 2.33 bits per heavy atom. The second-order valence-electron chi connectivity index (χ2n) is 5.54. The second kappa shape index (κ2) is 4.81. The molecule has 2 saturated heterocycles. The van der Waals surface area contributed by atoms with Crippen LogP contribution in [0.15, 0.2) is 0 Å². The molecule has 2 atom stereocenters. The largest absolute Gasteiger partial charge is 0.379 e. The Morgan fingerprint density at radius 1 is 1.47 bits per heavy atom. The van der Waals surface area contributed by atoms with Crippen LogP contribution in [0.5, 0.6) is 0 Å². The summed E-state index contributed by atoms with van der Waals surface area (Å²) in [7, 11) is 0. The van der Waals surface area contributed by atoms with Gasteiger partial charge in [-0.05, 0) is 25.2 Å². The zero-order chi connectivity index (χ0) is 10.7. The molecule has 88 valence electrons. The van der Waals surface area contributed by atoms with Crippen LogP contribution in [-0.2, 0) is 4.74 Å². The monoisotopic (exact) mass is 212 g/mol. The van der Waals surface area contributed by atoms with Crippen LogP contribution in [0.1, 0.15) is 33.1 Å². The Balaban J connectivity index is 1.90. The highest BCUT2D eigenvalue weighted by Gasteiger charge is 2.37. The average Bonchev–Trinajstić information content (AvgIpc) is 2.17. The highest BCUT2D eigenvalue weighted by Crippen LogP contribution is 2.22. The SMILES string of the molecule is CC(C)C[C@@H]1CNCC2(CCCOC2)N1. The third kappa shape index (κ3) is 2.92. The van der Waals surface area contributed by atoms with Crippen LogP contribution >= 0.6 is 0 Å². The van der Waals surface area contributed by atoms with E-state index in [-0.39, 0.29) is 5.54 Å². The molecule has 0 aromatic heterocycles. The molecule has 0 saturated carbocycles. The zero-order valence-corrected chi connectivity index (χ0v) is 10.0. The van der Waals surface area contributed by atoms with E-state index in [0.29, 0.717) is 6.04 Å². The van der Waals surface area contributed by atoms with Gasteiger partial charge in [-0.25, -0.2) is 0 Å². The van der Waals surface area contributed by atoms with Gasteiger partial charge in [-0.1, -0.05) is 13.8 Å². The molecular formula is C12H24N2O. The lowest BCUT2D eigenvalue weighted by Gasteiger charge is -2.45. The van der Waals surface area contributed by atoms with Crippen molar-refractivity contribution >= 4 is 0 Å². The van der Waals surface area contributed by atoms with Crippen molar-refractivity contribution in [1.82, 2.24) is 10.6 Å². The second-order valence-corrected chi connectivity index (χ2v) is 5.54. The van der Waals surface area contributed by atoms with Crippen molar-refractivity contribution < 1.29 is 4.74 Å². The summed E-state index contributed by atoms with van der Waals surface area (Å²) in [4.78, 5) is 0. The van der Waals surface area contributed by atoms with Crippen molar-refractivity contribution in [2.24, 2.45) is 5.92 Å². The quantitative estimate of drug-likeness (QED) is 0.720. The Kier molecular flexibility index (Phi) is 3.65. The fraction of sp³-hybridized carbons (Fsp3) is 1.00. The molecular weight excluding hydrogens is 188 g/mol. The van der Waals surface area contributed by atoms with Crippen LogP contribution in [0.25, 0.3) is 0 Å². The molecule has 2 rings (SSSR count). The first kappa shape index (κ1) is 11.4. The van der Waals surface area contributed by atoms with E-state index in [1.165, 1.54) is 19.3 Å². The summed E-state index contributed by atoms with van der Waals surface area (Å²) in [6.45, 7) is 8.59. The minimum Gasteiger partial charge on any atom is -0.379 e. The zero-order valence-electron chi connectivity index (χ0n) is 10.0. The molecule has 15 heavy (non-hydrogen) atoms. The van der Waals surface area contributed by atoms with Crippen LogP contribution in [0.4, 0.5) is 0 Å². The van der Waals surface area contributed by atoms with Crippen LogP contribution in [0.3, 0.4) is 0 Å². The molecule has 3 heteroatoms. The highest BCUT2D eigenvalue weighted by molar-refractivity contribution is 4.98. The van der Waals surface area contributed by atoms with E-state index in [9.17, 15) is 0 Å². The summed E-state index contributed by atoms with van der Waals surface area (Å²) in [5, 5.41) is 7.37. The minimum atomic E-state index is 0.232. The fourth-order valence-corrected chi connectivity index (χ4v) is 2.84. The third-order valence-electron chi connectivity index (χ3n) is 3.44. The Morgan fingerprint density at radius 3 is 3.00 bits per heavy atom. The number of hydrogen-bond acceptors (Lipinski definition) is 3. The first-order chi connectivity index (χ1) is 7.20. The van der Waals surface area contributed by atoms with Crippen molar-refractivity contribution in [2.45, 2.75) is 44.7 Å². The maximum absolute atomic E-state index is 5.61. The smallest absolute Gasteiger partial charge is 0.0660 e. The van der Waals surface area contributed by atoms with Gasteiger partial charge in [-0.15, -0.1) is 0 Å². The van der Waals surface area contributed by atoms with Crippen molar-refractivity contribution in [1.29, 1.82) is 0 Å². The molecule has 2 aliphatic rings. The van der Waals surface area contributed by atoms with Crippen molar-refractivity contribution in [3.63, 3.8) is 0 Å². The van der Waals surface area contributed by atoms with E-state index in [1.807, 2.05) is 0 Å². The maximum atomic E-state index is 5.61. The molecule has 0 amide bonds. The molecule has 1 unspecified atom stereocenters. The molecule has 2 N–H and O–H groups in total. The number of ether oxygens (including phenoxy) is 1. The fourth-order valence-electron chi connectivity index (χ4n) is 2.84. The molecule has 2 heterocycles. The molecule has 1 spiro atoms. The van der Waals surface area contributed by atoms with Crippen LogP contribution in [0, 0.1) is 5.92 Å². The van der Waals surface area contributed by atoms with Gasteiger partial charge in [0.2, 0.25) is 0 Å². The van der Waals surface area contributed by atoms with Crippen LogP contribution in [-0.4, -0.2) is 37.9 Å². The number of rotatable bonds is 2. The Bertz CT molecular complexity index is 194. The Labute approximate surface area is 93.0 Å². The summed E-state index contributed by atoms with van der Waals surface area (Å²) in [5.74, 6) is 0.768. The normalized spacial score (nSPS) is 37.4. The van der Waals surface area contributed by atoms with Gasteiger partial charge in [-0.2, -0.15) is 0 Å². The van der Waals surface area contributed by atoms with Gasteiger partial charge in [0.1, 0.15) is 0 Å². The number of piperazine rings is 1. The highest BCUT2D eigenvalue weighted by atomic mass is 16.5.